The number of fused-ring (bicyclic) bond motifs is 5. The van der Waals surface area contributed by atoms with E-state index in [-0.39, 0.29) is 41.1 Å². The number of halogens is 2. The minimum Gasteiger partial charge on any atom is -1.00 e. The molecule has 0 saturated carbocycles. The van der Waals surface area contributed by atoms with Crippen LogP contribution < -0.4 is 24.8 Å². The molecule has 0 nitrogen and oxygen atoms in total. The second-order valence-corrected chi connectivity index (χ2v) is 22.9. The quantitative estimate of drug-likeness (QED) is 0.199. The van der Waals surface area contributed by atoms with Crippen molar-refractivity contribution in [1.82, 2.24) is 0 Å². The van der Waals surface area contributed by atoms with Gasteiger partial charge in [0.15, 0.2) is 0 Å². The van der Waals surface area contributed by atoms with Gasteiger partial charge < -0.3 is 24.8 Å². The first kappa shape index (κ1) is 37.9. The molecule has 0 bridgehead atoms. The molecule has 0 N–H and O–H groups in total. The molecule has 4 aromatic carbocycles. The second-order valence-electron chi connectivity index (χ2n) is 17.2. The van der Waals surface area contributed by atoms with E-state index in [0.29, 0.717) is 5.92 Å². The fourth-order valence-electron chi connectivity index (χ4n) is 9.46. The van der Waals surface area contributed by atoms with Crippen LogP contribution in [0.15, 0.2) is 115 Å². The van der Waals surface area contributed by atoms with Gasteiger partial charge in [0, 0.05) is 0 Å². The fraction of sp³-hybridized carbons (Fsp3) is 0.312. The van der Waals surface area contributed by atoms with Gasteiger partial charge in [-0.25, -0.2) is 0 Å². The van der Waals surface area contributed by atoms with Crippen LogP contribution in [0.1, 0.15) is 114 Å². The Kier molecular flexibility index (Phi) is 9.84. The largest absolute Gasteiger partial charge is 1.00 e. The van der Waals surface area contributed by atoms with Gasteiger partial charge >= 0.3 is 304 Å². The van der Waals surface area contributed by atoms with Gasteiger partial charge in [0.2, 0.25) is 0 Å². The summed E-state index contributed by atoms with van der Waals surface area (Å²) < 4.78 is 5.06. The first-order valence-electron chi connectivity index (χ1n) is 18.2. The van der Waals surface area contributed by atoms with Crippen molar-refractivity contribution in [2.24, 2.45) is 11.3 Å². The van der Waals surface area contributed by atoms with Crippen molar-refractivity contribution in [1.29, 1.82) is 0 Å². The Balaban J connectivity index is 0.00000224. The molecular formula is C48H50Cl2Zr. The minimum absolute atomic E-state index is 0. The van der Waals surface area contributed by atoms with E-state index in [4.69, 9.17) is 0 Å². The molecule has 0 heterocycles. The van der Waals surface area contributed by atoms with Crippen LogP contribution >= 0.6 is 0 Å². The number of hydrogen-bond acceptors (Lipinski definition) is 0. The zero-order chi connectivity index (χ0) is 34.6. The molecule has 1 unspecified atom stereocenters. The molecule has 0 aromatic heterocycles. The molecule has 4 aliphatic rings. The maximum atomic E-state index is 2.65. The van der Waals surface area contributed by atoms with E-state index in [1.165, 1.54) is 72.4 Å². The molecule has 0 aliphatic heterocycles. The molecule has 4 aromatic rings. The molecule has 0 radical (unpaired) electrons. The number of benzene rings is 4. The summed E-state index contributed by atoms with van der Waals surface area (Å²) >= 11 is -2.85. The van der Waals surface area contributed by atoms with E-state index in [1.54, 1.807) is 9.77 Å². The third-order valence-corrected chi connectivity index (χ3v) is 21.2. The standard InChI is InChI=1S/C25H25.C13H10.C10H15.2ClH.Zr/c1-14-12-24(3,4)22-8-16-7-17-9-23-19(15(2)13-25(23,5)6)11-21(17)20(16)10-18(14)22;1-3-7-12(8-4-1)11-13-9-5-2-6-10-13;1-8-5-6-9(7-8)10(2,3)4;;;/h8-12H,7H2,1-6H3;1-10H;6-8H,1-4H3;2*1H;/q;;;;;+2/p-2. The van der Waals surface area contributed by atoms with E-state index < -0.39 is 21.3 Å². The Morgan fingerprint density at radius 1 is 0.706 bits per heavy atom. The predicted molar refractivity (Wildman–Crippen MR) is 208 cm³/mol. The third kappa shape index (κ3) is 6.05. The zero-order valence-corrected chi connectivity index (χ0v) is 35.8. The fourth-order valence-corrected chi connectivity index (χ4v) is 18.9. The smallest absolute Gasteiger partial charge is 1.00 e. The number of hydrogen-bond donors (Lipinski definition) is 0. The molecule has 4 aliphatic carbocycles. The maximum Gasteiger partial charge on any atom is -1.00 e. The first-order valence-corrected chi connectivity index (χ1v) is 21.9. The SMILES string of the molecule is CC1=CC(C)(C)c2cc3c(cc21)-c1cc2c(cc1C3)C(C)(C)[C]([Zr+2]([C]1=CC(C(C)(C)C)=CC1C)=[C](c1ccccc1)c1ccccc1)=C2C.[Cl-].[Cl-]. The average molecular weight is 789 g/mol. The monoisotopic (exact) mass is 786 g/mol. The van der Waals surface area contributed by atoms with Crippen LogP contribution in [0.2, 0.25) is 0 Å². The van der Waals surface area contributed by atoms with Crippen molar-refractivity contribution in [3.63, 3.8) is 0 Å². The van der Waals surface area contributed by atoms with Crippen molar-refractivity contribution in [2.45, 2.75) is 86.5 Å². The Labute approximate surface area is 326 Å². The second kappa shape index (κ2) is 13.2. The maximum absolute atomic E-state index is 2.85. The average Bonchev–Trinajstić information content (AvgIpc) is 3.73. The molecule has 3 heteroatoms. The van der Waals surface area contributed by atoms with Gasteiger partial charge in [0.25, 0.3) is 0 Å². The molecule has 260 valence electrons. The Hall–Kier alpha value is -2.83. The summed E-state index contributed by atoms with van der Waals surface area (Å²) in [5, 5.41) is 0. The van der Waals surface area contributed by atoms with E-state index in [1.807, 2.05) is 0 Å². The summed E-state index contributed by atoms with van der Waals surface area (Å²) in [6.45, 7) is 24.2. The Morgan fingerprint density at radius 3 is 1.76 bits per heavy atom. The van der Waals surface area contributed by atoms with Gasteiger partial charge in [-0.15, -0.1) is 0 Å². The minimum atomic E-state index is -2.85. The number of allylic oxidation sites excluding steroid dienone is 8. The van der Waals surface area contributed by atoms with E-state index in [9.17, 15) is 0 Å². The molecule has 8 rings (SSSR count). The molecule has 1 atom stereocenters. The zero-order valence-electron chi connectivity index (χ0n) is 31.9. The predicted octanol–water partition coefficient (Wildman–Crippen LogP) is 6.38. The van der Waals surface area contributed by atoms with Crippen LogP contribution in [0.25, 0.3) is 22.3 Å². The van der Waals surface area contributed by atoms with Gasteiger partial charge in [0.05, 0.1) is 0 Å². The third-order valence-electron chi connectivity index (χ3n) is 11.9. The van der Waals surface area contributed by atoms with E-state index in [0.717, 1.165) is 6.42 Å². The van der Waals surface area contributed by atoms with E-state index >= 15 is 0 Å². The molecular weight excluding hydrogens is 739 g/mol. The molecule has 51 heavy (non-hydrogen) atoms. The van der Waals surface area contributed by atoms with Gasteiger partial charge in [-0.1, -0.05) is 0 Å². The molecule has 0 fully saturated rings. The summed E-state index contributed by atoms with van der Waals surface area (Å²) in [6.07, 6.45) is 8.72. The number of rotatable bonds is 4. The normalized spacial score (nSPS) is 18.6. The van der Waals surface area contributed by atoms with Crippen LogP contribution in [0.5, 0.6) is 0 Å². The van der Waals surface area contributed by atoms with Crippen LogP contribution in [0, 0.1) is 11.3 Å². The van der Waals surface area contributed by atoms with Crippen molar-refractivity contribution in [3.05, 3.63) is 160 Å². The summed E-state index contributed by atoms with van der Waals surface area (Å²) in [6, 6.07) is 33.0. The Morgan fingerprint density at radius 2 is 1.24 bits per heavy atom. The van der Waals surface area contributed by atoms with Crippen LogP contribution in [0.4, 0.5) is 0 Å². The summed E-state index contributed by atoms with van der Waals surface area (Å²) in [5.74, 6) is 0.436. The topological polar surface area (TPSA) is 0 Å². The van der Waals surface area contributed by atoms with Gasteiger partial charge in [-0.3, -0.25) is 0 Å². The summed E-state index contributed by atoms with van der Waals surface area (Å²) in [4.78, 5) is 0. The van der Waals surface area contributed by atoms with Crippen molar-refractivity contribution < 1.29 is 46.1 Å². The van der Waals surface area contributed by atoms with Gasteiger partial charge in [-0.05, 0) is 0 Å². The van der Waals surface area contributed by atoms with Crippen LogP contribution in [0.3, 0.4) is 0 Å². The summed E-state index contributed by atoms with van der Waals surface area (Å²) in [5.41, 5.74) is 19.3. The van der Waals surface area contributed by atoms with Crippen LogP contribution in [-0.2, 0) is 38.5 Å². The van der Waals surface area contributed by atoms with E-state index in [2.05, 4.69) is 172 Å². The molecule has 0 saturated heterocycles. The molecule has 0 spiro atoms. The molecule has 0 amide bonds. The van der Waals surface area contributed by atoms with Gasteiger partial charge in [0.1, 0.15) is 0 Å². The van der Waals surface area contributed by atoms with Crippen LogP contribution in [-0.4, -0.2) is 3.21 Å². The van der Waals surface area contributed by atoms with Crippen molar-refractivity contribution in [3.8, 4) is 11.1 Å². The van der Waals surface area contributed by atoms with Gasteiger partial charge in [-0.2, -0.15) is 0 Å². The Bertz CT molecular complexity index is 2190. The first-order chi connectivity index (χ1) is 23.2. The van der Waals surface area contributed by atoms with Crippen molar-refractivity contribution >= 4 is 14.4 Å². The summed E-state index contributed by atoms with van der Waals surface area (Å²) in [7, 11) is 0. The van der Waals surface area contributed by atoms with Crippen molar-refractivity contribution in [2.75, 3.05) is 0 Å².